The minimum Gasteiger partial charge on any atom is -0.481 e. The number of amides is 3. The fourth-order valence-corrected chi connectivity index (χ4v) is 2.01. The number of nitrogens with one attached hydrogen (secondary N) is 3. The molecule has 0 radical (unpaired) electrons. The van der Waals surface area contributed by atoms with E-state index in [9.17, 15) is 24.0 Å². The van der Waals surface area contributed by atoms with Crippen molar-refractivity contribution in [3.63, 3.8) is 0 Å². The third kappa shape index (κ3) is 13.4. The van der Waals surface area contributed by atoms with Crippen LogP contribution in [0.3, 0.4) is 0 Å². The van der Waals surface area contributed by atoms with Crippen molar-refractivity contribution >= 4 is 35.6 Å². The van der Waals surface area contributed by atoms with E-state index in [0.717, 1.165) is 0 Å². The molecule has 0 rings (SSSR count). The number of nitrogens with two attached hydrogens (primary N) is 3. The molecule has 0 fully saturated rings. The molecule has 3 amide bonds. The van der Waals surface area contributed by atoms with Gasteiger partial charge >= 0.3 is 11.9 Å². The van der Waals surface area contributed by atoms with Crippen LogP contribution in [-0.4, -0.2) is 77.6 Å². The number of carboxylic acids is 2. The maximum Gasteiger partial charge on any atom is 0.322 e. The molecule has 14 heteroatoms. The molecule has 164 valence electrons. The zero-order valence-electron chi connectivity index (χ0n) is 15.7. The Kier molecular flexibility index (Phi) is 12.1. The van der Waals surface area contributed by atoms with Crippen LogP contribution in [0, 0.1) is 0 Å². The van der Waals surface area contributed by atoms with Crippen LogP contribution < -0.4 is 33.2 Å². The van der Waals surface area contributed by atoms with Gasteiger partial charge in [-0.25, -0.2) is 0 Å². The van der Waals surface area contributed by atoms with Crippen LogP contribution in [-0.2, 0) is 24.0 Å². The number of hydrogen-bond acceptors (Lipinski definition) is 7. The average molecular weight is 417 g/mol. The Balaban J connectivity index is 4.64. The van der Waals surface area contributed by atoms with E-state index in [1.165, 1.54) is 0 Å². The fourth-order valence-electron chi connectivity index (χ4n) is 2.01. The first kappa shape index (κ1) is 25.6. The Bertz CT molecular complexity index is 635. The number of rotatable bonds is 14. The molecule has 14 nitrogen and oxygen atoms in total. The van der Waals surface area contributed by atoms with E-state index in [1.807, 2.05) is 0 Å². The summed E-state index contributed by atoms with van der Waals surface area (Å²) < 4.78 is 0. The Morgan fingerprint density at radius 3 is 2.07 bits per heavy atom. The van der Waals surface area contributed by atoms with Crippen molar-refractivity contribution in [2.75, 3.05) is 19.6 Å². The van der Waals surface area contributed by atoms with E-state index >= 15 is 0 Å². The molecule has 0 bridgehead atoms. The molecular weight excluding hydrogens is 390 g/mol. The first-order valence-corrected chi connectivity index (χ1v) is 8.62. The second-order valence-electron chi connectivity index (χ2n) is 5.94. The Morgan fingerprint density at radius 2 is 1.52 bits per heavy atom. The van der Waals surface area contributed by atoms with Gasteiger partial charge in [0, 0.05) is 13.0 Å². The lowest BCUT2D eigenvalue weighted by Gasteiger charge is -2.18. The van der Waals surface area contributed by atoms with E-state index in [-0.39, 0.29) is 31.8 Å². The molecule has 0 aliphatic rings. The number of carboxylic acid groups (broad SMARTS) is 2. The molecular formula is C15H27N7O7. The topological polar surface area (TPSA) is 252 Å². The smallest absolute Gasteiger partial charge is 0.322 e. The molecule has 0 saturated carbocycles. The summed E-state index contributed by atoms with van der Waals surface area (Å²) in [6.45, 7) is -0.944. The highest BCUT2D eigenvalue weighted by Crippen LogP contribution is 1.99. The highest BCUT2D eigenvalue weighted by molar-refractivity contribution is 5.92. The van der Waals surface area contributed by atoms with Gasteiger partial charge in [-0.2, -0.15) is 0 Å². The molecule has 2 unspecified atom stereocenters. The van der Waals surface area contributed by atoms with E-state index in [0.29, 0.717) is 6.42 Å². The number of guanidine groups is 1. The normalized spacial score (nSPS) is 12.2. The van der Waals surface area contributed by atoms with Gasteiger partial charge in [0.25, 0.3) is 0 Å². The van der Waals surface area contributed by atoms with E-state index in [2.05, 4.69) is 20.9 Å². The lowest BCUT2D eigenvalue weighted by molar-refractivity contribution is -0.139. The number of aliphatic imine (C=N–C) groups is 1. The molecule has 0 spiro atoms. The number of carbonyl (C=O) groups is 5. The molecule has 0 aromatic heterocycles. The predicted molar refractivity (Wildman–Crippen MR) is 100 cm³/mol. The molecule has 0 heterocycles. The average Bonchev–Trinajstić information content (AvgIpc) is 2.64. The second-order valence-corrected chi connectivity index (χ2v) is 5.94. The van der Waals surface area contributed by atoms with Crippen molar-refractivity contribution in [3.05, 3.63) is 0 Å². The Hall–Kier alpha value is -3.42. The maximum atomic E-state index is 12.1. The van der Waals surface area contributed by atoms with Gasteiger partial charge in [0.1, 0.15) is 12.6 Å². The van der Waals surface area contributed by atoms with Crippen LogP contribution in [0.5, 0.6) is 0 Å². The fraction of sp³-hybridized carbons (Fsp3) is 0.600. The SMILES string of the molecule is NC(N)=NCCCC(NC(=O)CNC(=O)C(N)CCC(=O)O)C(=O)NCC(=O)O. The number of nitrogens with zero attached hydrogens (tertiary/aromatic N) is 1. The zero-order chi connectivity index (χ0) is 22.4. The molecule has 0 aromatic rings. The molecule has 29 heavy (non-hydrogen) atoms. The van der Waals surface area contributed by atoms with Crippen LogP contribution in [0.4, 0.5) is 0 Å². The second kappa shape index (κ2) is 13.7. The van der Waals surface area contributed by atoms with E-state index in [4.69, 9.17) is 27.4 Å². The first-order valence-electron chi connectivity index (χ1n) is 8.62. The number of aliphatic carboxylic acids is 2. The summed E-state index contributed by atoms with van der Waals surface area (Å²) in [5, 5.41) is 23.9. The first-order chi connectivity index (χ1) is 13.5. The van der Waals surface area contributed by atoms with Crippen LogP contribution >= 0.6 is 0 Å². The van der Waals surface area contributed by atoms with Gasteiger partial charge in [-0.1, -0.05) is 0 Å². The highest BCUT2D eigenvalue weighted by atomic mass is 16.4. The van der Waals surface area contributed by atoms with Gasteiger partial charge in [0.05, 0.1) is 12.6 Å². The minimum absolute atomic E-state index is 0.103. The number of hydrogen-bond donors (Lipinski definition) is 8. The van der Waals surface area contributed by atoms with Gasteiger partial charge in [-0.3, -0.25) is 29.0 Å². The van der Waals surface area contributed by atoms with E-state index in [1.54, 1.807) is 0 Å². The van der Waals surface area contributed by atoms with Gasteiger partial charge < -0.3 is 43.4 Å². The molecule has 11 N–H and O–H groups in total. The largest absolute Gasteiger partial charge is 0.481 e. The summed E-state index contributed by atoms with van der Waals surface area (Å²) in [5.41, 5.74) is 15.9. The lowest BCUT2D eigenvalue weighted by atomic mass is 10.1. The summed E-state index contributed by atoms with van der Waals surface area (Å²) in [7, 11) is 0. The lowest BCUT2D eigenvalue weighted by Crippen LogP contribution is -2.51. The standard InChI is InChI=1S/C15H27N7O7/c16-8(3-4-11(24)25)13(28)20-6-10(23)22-9(2-1-5-19-15(17)18)14(29)21-7-12(26)27/h8-9H,1-7,16H2,(H,20,28)(H,21,29)(H,22,23)(H,24,25)(H,26,27)(H4,17,18,19). The van der Waals surface area contributed by atoms with Crippen molar-refractivity contribution in [2.45, 2.75) is 37.8 Å². The van der Waals surface area contributed by atoms with Crippen LogP contribution in [0.2, 0.25) is 0 Å². The quantitative estimate of drug-likeness (QED) is 0.0772. The van der Waals surface area contributed by atoms with Crippen LogP contribution in [0.15, 0.2) is 4.99 Å². The summed E-state index contributed by atoms with van der Waals surface area (Å²) in [6.07, 6.45) is 0.0198. The highest BCUT2D eigenvalue weighted by Gasteiger charge is 2.22. The van der Waals surface area contributed by atoms with Gasteiger partial charge in [0.15, 0.2) is 5.96 Å². The van der Waals surface area contributed by atoms with Crippen molar-refractivity contribution in [3.8, 4) is 0 Å². The molecule has 0 saturated heterocycles. The van der Waals surface area contributed by atoms with Gasteiger partial charge in [0.2, 0.25) is 17.7 Å². The van der Waals surface area contributed by atoms with Crippen LogP contribution in [0.25, 0.3) is 0 Å². The summed E-state index contributed by atoms with van der Waals surface area (Å²) in [5.74, 6) is -4.67. The molecule has 0 aromatic carbocycles. The number of carbonyl (C=O) groups excluding carboxylic acids is 3. The zero-order valence-corrected chi connectivity index (χ0v) is 15.7. The minimum atomic E-state index is -1.26. The predicted octanol–water partition coefficient (Wildman–Crippen LogP) is -3.97. The molecule has 2 atom stereocenters. The maximum absolute atomic E-state index is 12.1. The monoisotopic (exact) mass is 417 g/mol. The van der Waals surface area contributed by atoms with Crippen molar-refractivity contribution in [2.24, 2.45) is 22.2 Å². The van der Waals surface area contributed by atoms with Gasteiger partial charge in [-0.15, -0.1) is 0 Å². The van der Waals surface area contributed by atoms with Crippen molar-refractivity contribution in [1.29, 1.82) is 0 Å². The van der Waals surface area contributed by atoms with Crippen molar-refractivity contribution < 1.29 is 34.2 Å². The summed E-state index contributed by atoms with van der Waals surface area (Å²) >= 11 is 0. The Morgan fingerprint density at radius 1 is 0.897 bits per heavy atom. The third-order valence-corrected chi connectivity index (χ3v) is 3.44. The molecule has 0 aliphatic heterocycles. The third-order valence-electron chi connectivity index (χ3n) is 3.44. The summed E-state index contributed by atoms with van der Waals surface area (Å²) in [6, 6.07) is -2.18. The molecule has 0 aliphatic carbocycles. The Labute approximate surface area is 166 Å². The van der Waals surface area contributed by atoms with Crippen molar-refractivity contribution in [1.82, 2.24) is 16.0 Å². The van der Waals surface area contributed by atoms with E-state index < -0.39 is 54.8 Å². The van der Waals surface area contributed by atoms with Crippen LogP contribution in [0.1, 0.15) is 25.7 Å². The van der Waals surface area contributed by atoms with Gasteiger partial charge in [-0.05, 0) is 19.3 Å². The summed E-state index contributed by atoms with van der Waals surface area (Å²) in [4.78, 5) is 60.6.